The maximum atomic E-state index is 12.1. The molecule has 6 nitrogen and oxygen atoms in total. The van der Waals surface area contributed by atoms with E-state index in [4.69, 9.17) is 4.74 Å². The van der Waals surface area contributed by atoms with Crippen LogP contribution in [0.2, 0.25) is 0 Å². The van der Waals surface area contributed by atoms with Crippen LogP contribution in [0.5, 0.6) is 0 Å². The van der Waals surface area contributed by atoms with Crippen molar-refractivity contribution < 1.29 is 19.4 Å². The number of aliphatic hydroxyl groups is 1. The van der Waals surface area contributed by atoms with Crippen LogP contribution in [0.15, 0.2) is 16.3 Å². The molecule has 1 aliphatic rings. The second-order valence-corrected chi connectivity index (χ2v) is 4.85. The maximum Gasteiger partial charge on any atom is 0.327 e. The van der Waals surface area contributed by atoms with Crippen LogP contribution >= 0.6 is 0 Å². The molecular weight excluding hydrogens is 248 g/mol. The highest BCUT2D eigenvalue weighted by Crippen LogP contribution is 2.32. The van der Waals surface area contributed by atoms with Gasteiger partial charge < -0.3 is 14.7 Å². The summed E-state index contributed by atoms with van der Waals surface area (Å²) in [5.41, 5.74) is -0.252. The molecule has 1 rings (SSSR count). The summed E-state index contributed by atoms with van der Waals surface area (Å²) in [6.07, 6.45) is 0. The van der Waals surface area contributed by atoms with Crippen molar-refractivity contribution in [3.05, 3.63) is 11.3 Å². The quantitative estimate of drug-likeness (QED) is 0.611. The van der Waals surface area contributed by atoms with Gasteiger partial charge in [0.2, 0.25) is 0 Å². The van der Waals surface area contributed by atoms with Crippen LogP contribution in [0, 0.1) is 0 Å². The first-order valence-electron chi connectivity index (χ1n) is 6.12. The normalized spacial score (nSPS) is 19.1. The first-order chi connectivity index (χ1) is 8.73. The van der Waals surface area contributed by atoms with E-state index in [-0.39, 0.29) is 30.4 Å². The second kappa shape index (κ2) is 5.42. The average molecular weight is 268 g/mol. The number of esters is 1. The predicted molar refractivity (Wildman–Crippen MR) is 71.1 cm³/mol. The summed E-state index contributed by atoms with van der Waals surface area (Å²) in [6.45, 7) is 6.92. The van der Waals surface area contributed by atoms with Crippen molar-refractivity contribution in [1.29, 1.82) is 0 Å². The minimum atomic E-state index is -0.757. The Hall–Kier alpha value is -1.85. The van der Waals surface area contributed by atoms with Gasteiger partial charge in [-0.15, -0.1) is 0 Å². The standard InChI is InChI=1S/C13H20N2O4/c1-6-19-9(16)7-14-8(2)10-11(17)13(3,4)15(5)12(10)18/h17H,6-7H2,1-5H3. The van der Waals surface area contributed by atoms with Crippen LogP contribution in [0.4, 0.5) is 0 Å². The van der Waals surface area contributed by atoms with Crippen LogP contribution in [-0.4, -0.2) is 53.3 Å². The predicted octanol–water partition coefficient (Wildman–Crippen LogP) is 1.07. The molecule has 0 aromatic heterocycles. The van der Waals surface area contributed by atoms with E-state index < -0.39 is 11.5 Å². The van der Waals surface area contributed by atoms with Crippen LogP contribution in [0.1, 0.15) is 27.7 Å². The number of hydrogen-bond acceptors (Lipinski definition) is 5. The first kappa shape index (κ1) is 15.2. The molecule has 0 aliphatic carbocycles. The van der Waals surface area contributed by atoms with Crippen LogP contribution in [0.3, 0.4) is 0 Å². The molecular formula is C13H20N2O4. The molecule has 0 spiro atoms. The highest BCUT2D eigenvalue weighted by Gasteiger charge is 2.44. The molecule has 0 aromatic carbocycles. The molecule has 1 N–H and O–H groups in total. The molecule has 106 valence electrons. The van der Waals surface area contributed by atoms with Crippen molar-refractivity contribution in [3.8, 4) is 0 Å². The number of amides is 1. The van der Waals surface area contributed by atoms with Crippen LogP contribution in [0.25, 0.3) is 0 Å². The van der Waals surface area contributed by atoms with Crippen molar-refractivity contribution in [2.75, 3.05) is 20.2 Å². The smallest absolute Gasteiger partial charge is 0.327 e. The van der Waals surface area contributed by atoms with E-state index in [9.17, 15) is 14.7 Å². The Kier molecular flexibility index (Phi) is 4.34. The van der Waals surface area contributed by atoms with Crippen LogP contribution < -0.4 is 0 Å². The van der Waals surface area contributed by atoms with Gasteiger partial charge in [-0.1, -0.05) is 0 Å². The summed E-state index contributed by atoms with van der Waals surface area (Å²) in [5.74, 6) is -0.780. The van der Waals surface area contributed by atoms with Crippen molar-refractivity contribution in [2.45, 2.75) is 33.2 Å². The third-order valence-corrected chi connectivity index (χ3v) is 3.29. The summed E-state index contributed by atoms with van der Waals surface area (Å²) in [5, 5.41) is 10.1. The minimum absolute atomic E-state index is 0.0230. The number of nitrogens with zero attached hydrogens (tertiary/aromatic N) is 2. The fraction of sp³-hybridized carbons (Fsp3) is 0.615. The number of rotatable bonds is 4. The lowest BCUT2D eigenvalue weighted by Crippen LogP contribution is -2.40. The number of likely N-dealkylation sites (N-methyl/N-ethyl adjacent to an activating group) is 1. The Morgan fingerprint density at radius 3 is 2.47 bits per heavy atom. The first-order valence-corrected chi connectivity index (χ1v) is 6.12. The Balaban J connectivity index is 2.96. The van der Waals surface area contributed by atoms with Gasteiger partial charge in [0.05, 0.1) is 12.1 Å². The van der Waals surface area contributed by atoms with Gasteiger partial charge in [0.15, 0.2) is 0 Å². The molecule has 0 radical (unpaired) electrons. The van der Waals surface area contributed by atoms with Gasteiger partial charge in [-0.05, 0) is 27.7 Å². The lowest BCUT2D eigenvalue weighted by atomic mass is 10.0. The lowest BCUT2D eigenvalue weighted by Gasteiger charge is -2.27. The lowest BCUT2D eigenvalue weighted by molar-refractivity contribution is -0.141. The fourth-order valence-corrected chi connectivity index (χ4v) is 1.78. The van der Waals surface area contributed by atoms with Gasteiger partial charge in [-0.3, -0.25) is 14.6 Å². The molecule has 1 amide bonds. The maximum absolute atomic E-state index is 12.1. The summed E-state index contributed by atoms with van der Waals surface area (Å²) >= 11 is 0. The SMILES string of the molecule is CCOC(=O)CN=C(C)C1=C(O)C(C)(C)N(C)C1=O. The Morgan fingerprint density at radius 2 is 2.05 bits per heavy atom. The van der Waals surface area contributed by atoms with E-state index in [2.05, 4.69) is 4.99 Å². The van der Waals surface area contributed by atoms with Gasteiger partial charge in [-0.25, -0.2) is 0 Å². The molecule has 0 saturated carbocycles. The van der Waals surface area contributed by atoms with E-state index in [1.54, 1.807) is 34.7 Å². The average Bonchev–Trinajstić information content (AvgIpc) is 2.49. The molecule has 6 heteroatoms. The number of carbonyl (C=O) groups is 2. The van der Waals surface area contributed by atoms with Crippen molar-refractivity contribution in [3.63, 3.8) is 0 Å². The second-order valence-electron chi connectivity index (χ2n) is 4.85. The third-order valence-electron chi connectivity index (χ3n) is 3.29. The Bertz CT molecular complexity index is 463. The van der Waals surface area contributed by atoms with E-state index in [0.717, 1.165) is 0 Å². The molecule has 0 atom stereocenters. The summed E-state index contributed by atoms with van der Waals surface area (Å²) in [4.78, 5) is 28.7. The number of ether oxygens (including phenoxy) is 1. The van der Waals surface area contributed by atoms with Crippen molar-refractivity contribution >= 4 is 17.6 Å². The number of carbonyl (C=O) groups excluding carboxylic acids is 2. The molecule has 0 saturated heterocycles. The zero-order valence-electron chi connectivity index (χ0n) is 12.0. The number of aliphatic imine (C=N–C) groups is 1. The zero-order chi connectivity index (χ0) is 14.8. The molecule has 0 unspecified atom stereocenters. The minimum Gasteiger partial charge on any atom is -0.509 e. The highest BCUT2D eigenvalue weighted by atomic mass is 16.5. The fourth-order valence-electron chi connectivity index (χ4n) is 1.78. The van der Waals surface area contributed by atoms with Crippen molar-refractivity contribution in [1.82, 2.24) is 4.90 Å². The molecule has 19 heavy (non-hydrogen) atoms. The summed E-state index contributed by atoms with van der Waals surface area (Å²) in [6, 6.07) is 0. The van der Waals surface area contributed by atoms with E-state index in [1.165, 1.54) is 4.90 Å². The Labute approximate surface area is 112 Å². The summed E-state index contributed by atoms with van der Waals surface area (Å²) in [7, 11) is 1.62. The molecule has 1 heterocycles. The molecule has 0 bridgehead atoms. The van der Waals surface area contributed by atoms with E-state index in [0.29, 0.717) is 5.71 Å². The number of hydrogen-bond donors (Lipinski definition) is 1. The van der Waals surface area contributed by atoms with Crippen LogP contribution in [-0.2, 0) is 14.3 Å². The monoisotopic (exact) mass is 268 g/mol. The van der Waals surface area contributed by atoms with Gasteiger partial charge in [-0.2, -0.15) is 0 Å². The van der Waals surface area contributed by atoms with Gasteiger partial charge >= 0.3 is 5.97 Å². The van der Waals surface area contributed by atoms with Crippen molar-refractivity contribution in [2.24, 2.45) is 4.99 Å². The molecule has 0 fully saturated rings. The number of aliphatic hydroxyl groups excluding tert-OH is 1. The summed E-state index contributed by atoms with van der Waals surface area (Å²) < 4.78 is 4.75. The Morgan fingerprint density at radius 1 is 1.47 bits per heavy atom. The van der Waals surface area contributed by atoms with E-state index in [1.807, 2.05) is 0 Å². The molecule has 1 aliphatic heterocycles. The van der Waals surface area contributed by atoms with Gasteiger partial charge in [0, 0.05) is 12.8 Å². The van der Waals surface area contributed by atoms with E-state index >= 15 is 0 Å². The van der Waals surface area contributed by atoms with Gasteiger partial charge in [0.1, 0.15) is 17.9 Å². The molecule has 0 aromatic rings. The van der Waals surface area contributed by atoms with Gasteiger partial charge in [0.25, 0.3) is 5.91 Å². The topological polar surface area (TPSA) is 79.2 Å². The largest absolute Gasteiger partial charge is 0.509 e. The third kappa shape index (κ3) is 2.77. The zero-order valence-corrected chi connectivity index (χ0v) is 12.0. The highest BCUT2D eigenvalue weighted by molar-refractivity contribution is 6.23.